The van der Waals surface area contributed by atoms with E-state index in [1.54, 1.807) is 0 Å². The lowest BCUT2D eigenvalue weighted by atomic mass is 9.71. The first-order valence-electron chi connectivity index (χ1n) is 8.90. The molecule has 0 aromatic heterocycles. The van der Waals surface area contributed by atoms with Gasteiger partial charge in [0, 0.05) is 32.5 Å². The van der Waals surface area contributed by atoms with Gasteiger partial charge in [-0.1, -0.05) is 19.3 Å². The summed E-state index contributed by atoms with van der Waals surface area (Å²) in [5, 5.41) is 2.92. The molecule has 0 aromatic rings. The van der Waals surface area contributed by atoms with Gasteiger partial charge in [0.05, 0.1) is 0 Å². The van der Waals surface area contributed by atoms with Crippen molar-refractivity contribution >= 4 is 11.8 Å². The zero-order valence-electron chi connectivity index (χ0n) is 13.7. The molecule has 0 atom stereocenters. The summed E-state index contributed by atoms with van der Waals surface area (Å²) in [6.45, 7) is 2.80. The van der Waals surface area contributed by atoms with Gasteiger partial charge in [-0.2, -0.15) is 0 Å². The molecule has 0 unspecified atom stereocenters. The van der Waals surface area contributed by atoms with E-state index in [0.717, 1.165) is 38.8 Å². The Labute approximate surface area is 134 Å². The van der Waals surface area contributed by atoms with Crippen molar-refractivity contribution in [3.63, 3.8) is 0 Å². The van der Waals surface area contributed by atoms with Gasteiger partial charge >= 0.3 is 0 Å². The first-order chi connectivity index (χ1) is 10.7. The molecule has 22 heavy (non-hydrogen) atoms. The maximum atomic E-state index is 12.1. The molecule has 1 saturated carbocycles. The molecule has 1 aliphatic heterocycles. The number of likely N-dealkylation sites (tertiary alicyclic amines) is 1. The van der Waals surface area contributed by atoms with Crippen LogP contribution in [0.1, 0.15) is 64.2 Å². The Hall–Kier alpha value is -1.10. The van der Waals surface area contributed by atoms with E-state index in [2.05, 4.69) is 5.32 Å². The summed E-state index contributed by atoms with van der Waals surface area (Å²) < 4.78 is 0. The topological polar surface area (TPSA) is 75.4 Å². The van der Waals surface area contributed by atoms with Gasteiger partial charge in [-0.05, 0) is 44.1 Å². The van der Waals surface area contributed by atoms with Gasteiger partial charge in [-0.3, -0.25) is 9.59 Å². The highest BCUT2D eigenvalue weighted by atomic mass is 16.2. The zero-order chi connectivity index (χ0) is 15.8. The van der Waals surface area contributed by atoms with Crippen LogP contribution in [0, 0.1) is 5.41 Å². The Balaban J connectivity index is 1.67. The summed E-state index contributed by atoms with van der Waals surface area (Å²) >= 11 is 0. The largest absolute Gasteiger partial charge is 0.356 e. The zero-order valence-corrected chi connectivity index (χ0v) is 13.7. The highest BCUT2D eigenvalue weighted by molar-refractivity contribution is 5.79. The Morgan fingerprint density at radius 3 is 2.27 bits per heavy atom. The Morgan fingerprint density at radius 1 is 1.00 bits per heavy atom. The first-order valence-corrected chi connectivity index (χ1v) is 8.90. The molecule has 2 rings (SSSR count). The number of hydrogen-bond donors (Lipinski definition) is 2. The minimum absolute atomic E-state index is 0.000782. The fraction of sp³-hybridized carbons (Fsp3) is 0.882. The second-order valence-corrected chi connectivity index (χ2v) is 6.98. The SMILES string of the molecule is NCC1(CC(=O)NCCC(=O)N2CCCCC2)CCCCC1. The highest BCUT2D eigenvalue weighted by Gasteiger charge is 2.32. The second-order valence-electron chi connectivity index (χ2n) is 6.98. The Morgan fingerprint density at radius 2 is 1.64 bits per heavy atom. The van der Waals surface area contributed by atoms with Crippen molar-refractivity contribution in [2.24, 2.45) is 11.1 Å². The number of nitrogens with one attached hydrogen (secondary N) is 1. The van der Waals surface area contributed by atoms with E-state index in [1.807, 2.05) is 4.90 Å². The lowest BCUT2D eigenvalue weighted by Crippen LogP contribution is -2.40. The number of piperidine rings is 1. The predicted octanol–water partition coefficient (Wildman–Crippen LogP) is 1.80. The van der Waals surface area contributed by atoms with Crippen LogP contribution in [0.3, 0.4) is 0 Å². The summed E-state index contributed by atoms with van der Waals surface area (Å²) in [7, 11) is 0. The Bertz CT molecular complexity index is 372. The van der Waals surface area contributed by atoms with Crippen LogP contribution in [0.5, 0.6) is 0 Å². The van der Waals surface area contributed by atoms with Gasteiger partial charge in [0.25, 0.3) is 0 Å². The predicted molar refractivity (Wildman–Crippen MR) is 87.2 cm³/mol. The third kappa shape index (κ3) is 4.97. The van der Waals surface area contributed by atoms with E-state index in [0.29, 0.717) is 25.9 Å². The third-order valence-corrected chi connectivity index (χ3v) is 5.25. The number of hydrogen-bond acceptors (Lipinski definition) is 3. The smallest absolute Gasteiger partial charge is 0.224 e. The molecule has 5 nitrogen and oxygen atoms in total. The van der Waals surface area contributed by atoms with E-state index in [9.17, 15) is 9.59 Å². The minimum atomic E-state index is -0.000782. The van der Waals surface area contributed by atoms with Crippen LogP contribution in [0.15, 0.2) is 0 Å². The van der Waals surface area contributed by atoms with Crippen molar-refractivity contribution in [1.82, 2.24) is 10.2 Å². The molecule has 2 fully saturated rings. The van der Waals surface area contributed by atoms with Gasteiger partial charge < -0.3 is 16.0 Å². The van der Waals surface area contributed by atoms with E-state index in [4.69, 9.17) is 5.73 Å². The van der Waals surface area contributed by atoms with Crippen molar-refractivity contribution < 1.29 is 9.59 Å². The van der Waals surface area contributed by atoms with Crippen LogP contribution >= 0.6 is 0 Å². The molecule has 2 aliphatic rings. The van der Waals surface area contributed by atoms with Gasteiger partial charge in [-0.25, -0.2) is 0 Å². The first kappa shape index (κ1) is 17.3. The molecule has 126 valence electrons. The van der Waals surface area contributed by atoms with Gasteiger partial charge in [-0.15, -0.1) is 0 Å². The summed E-state index contributed by atoms with van der Waals surface area (Å²) in [6.07, 6.45) is 10.1. The normalized spacial score (nSPS) is 21.4. The van der Waals surface area contributed by atoms with Gasteiger partial charge in [0.2, 0.25) is 11.8 Å². The van der Waals surface area contributed by atoms with Crippen LogP contribution in [0.4, 0.5) is 0 Å². The average molecular weight is 309 g/mol. The van der Waals surface area contributed by atoms with Crippen molar-refractivity contribution in [3.05, 3.63) is 0 Å². The quantitative estimate of drug-likeness (QED) is 0.785. The lowest BCUT2D eigenvalue weighted by Gasteiger charge is -2.35. The second kappa shape index (κ2) is 8.51. The summed E-state index contributed by atoms with van der Waals surface area (Å²) in [5.74, 6) is 0.227. The van der Waals surface area contributed by atoms with E-state index >= 15 is 0 Å². The molecule has 0 radical (unpaired) electrons. The molecular weight excluding hydrogens is 278 g/mol. The summed E-state index contributed by atoms with van der Waals surface area (Å²) in [4.78, 5) is 26.1. The molecule has 2 amide bonds. The molecule has 5 heteroatoms. The molecule has 1 saturated heterocycles. The number of carbonyl (C=O) groups is 2. The van der Waals surface area contributed by atoms with Gasteiger partial charge in [0.1, 0.15) is 0 Å². The van der Waals surface area contributed by atoms with Crippen LogP contribution in [-0.4, -0.2) is 42.9 Å². The van der Waals surface area contributed by atoms with Crippen LogP contribution in [0.2, 0.25) is 0 Å². The van der Waals surface area contributed by atoms with E-state index in [-0.39, 0.29) is 17.2 Å². The van der Waals surface area contributed by atoms with E-state index in [1.165, 1.54) is 25.7 Å². The van der Waals surface area contributed by atoms with Crippen molar-refractivity contribution in [3.8, 4) is 0 Å². The highest BCUT2D eigenvalue weighted by Crippen LogP contribution is 2.38. The average Bonchev–Trinajstić information content (AvgIpc) is 2.56. The molecule has 1 heterocycles. The molecular formula is C17H31N3O2. The van der Waals surface area contributed by atoms with Crippen molar-refractivity contribution in [2.75, 3.05) is 26.2 Å². The lowest BCUT2D eigenvalue weighted by molar-refractivity contribution is -0.132. The molecule has 0 bridgehead atoms. The van der Waals surface area contributed by atoms with E-state index < -0.39 is 0 Å². The minimum Gasteiger partial charge on any atom is -0.356 e. The number of nitrogens with two attached hydrogens (primary N) is 1. The Kier molecular flexibility index (Phi) is 6.68. The number of amides is 2. The van der Waals surface area contributed by atoms with Crippen LogP contribution < -0.4 is 11.1 Å². The number of carbonyl (C=O) groups excluding carboxylic acids is 2. The fourth-order valence-corrected chi connectivity index (χ4v) is 3.77. The number of rotatable bonds is 6. The standard InChI is InChI=1S/C17H31N3O2/c18-14-17(8-3-1-4-9-17)13-15(21)19-10-7-16(22)20-11-5-2-6-12-20/h1-14,18H2,(H,19,21). The summed E-state index contributed by atoms with van der Waals surface area (Å²) in [5.41, 5.74) is 5.92. The molecule has 0 spiro atoms. The molecule has 0 aromatic carbocycles. The van der Waals surface area contributed by atoms with Crippen molar-refractivity contribution in [1.29, 1.82) is 0 Å². The third-order valence-electron chi connectivity index (χ3n) is 5.25. The van der Waals surface area contributed by atoms with Gasteiger partial charge in [0.15, 0.2) is 0 Å². The van der Waals surface area contributed by atoms with Crippen LogP contribution in [-0.2, 0) is 9.59 Å². The summed E-state index contributed by atoms with van der Waals surface area (Å²) in [6, 6.07) is 0. The number of nitrogens with zero attached hydrogens (tertiary/aromatic N) is 1. The maximum absolute atomic E-state index is 12.1. The van der Waals surface area contributed by atoms with Crippen molar-refractivity contribution in [2.45, 2.75) is 64.2 Å². The fourth-order valence-electron chi connectivity index (χ4n) is 3.77. The monoisotopic (exact) mass is 309 g/mol. The molecule has 3 N–H and O–H groups in total. The maximum Gasteiger partial charge on any atom is 0.224 e. The molecule has 1 aliphatic carbocycles. The van der Waals surface area contributed by atoms with Crippen LogP contribution in [0.25, 0.3) is 0 Å².